The Morgan fingerprint density at radius 3 is 2.43 bits per heavy atom. The van der Waals surface area contributed by atoms with Crippen LogP contribution in [0, 0.1) is 19.8 Å². The maximum absolute atomic E-state index is 3.73. The number of nitrogens with one attached hydrogen (secondary N) is 1. The second-order valence-corrected chi connectivity index (χ2v) is 7.16. The van der Waals surface area contributed by atoms with Crippen molar-refractivity contribution in [1.82, 2.24) is 14.8 Å². The zero-order valence-electron chi connectivity index (χ0n) is 14.2. The molecule has 2 fully saturated rings. The van der Waals surface area contributed by atoms with Crippen LogP contribution in [-0.4, -0.2) is 35.1 Å². The normalized spacial score (nSPS) is 29.2. The highest BCUT2D eigenvalue weighted by molar-refractivity contribution is 5.26. The Hall–Kier alpha value is -0.800. The molecule has 3 heterocycles. The molecule has 2 aliphatic heterocycles. The van der Waals surface area contributed by atoms with Gasteiger partial charge in [0.1, 0.15) is 0 Å². The average Bonchev–Trinajstić information content (AvgIpc) is 2.83. The van der Waals surface area contributed by atoms with E-state index in [0.717, 1.165) is 31.1 Å². The summed E-state index contributed by atoms with van der Waals surface area (Å²) in [5.41, 5.74) is 4.31. The minimum atomic E-state index is 0.862. The number of fused-ring (bicyclic) bond motifs is 2. The van der Waals surface area contributed by atoms with Crippen LogP contribution < -0.4 is 5.32 Å². The van der Waals surface area contributed by atoms with Gasteiger partial charge in [-0.3, -0.25) is 0 Å². The van der Waals surface area contributed by atoms with E-state index in [4.69, 9.17) is 0 Å². The molecule has 2 bridgehead atoms. The van der Waals surface area contributed by atoms with Crippen LogP contribution in [-0.2, 0) is 13.1 Å². The highest BCUT2D eigenvalue weighted by Gasteiger charge is 2.37. The fraction of sp³-hybridized carbons (Fsp3) is 0.778. The van der Waals surface area contributed by atoms with Crippen LogP contribution in [0.25, 0.3) is 0 Å². The van der Waals surface area contributed by atoms with Crippen molar-refractivity contribution in [3.05, 3.63) is 23.0 Å². The van der Waals surface area contributed by atoms with Crippen LogP contribution in [0.2, 0.25) is 0 Å². The fourth-order valence-corrected chi connectivity index (χ4v) is 4.64. The summed E-state index contributed by atoms with van der Waals surface area (Å²) < 4.78 is 2.41. The van der Waals surface area contributed by atoms with Crippen molar-refractivity contribution in [3.63, 3.8) is 0 Å². The Morgan fingerprint density at radius 1 is 1.19 bits per heavy atom. The first-order valence-corrected chi connectivity index (χ1v) is 8.68. The van der Waals surface area contributed by atoms with E-state index in [1.54, 1.807) is 0 Å². The number of rotatable bonds is 5. The molecular weight excluding hydrogens is 258 g/mol. The Bertz CT molecular complexity index is 477. The van der Waals surface area contributed by atoms with Crippen LogP contribution in [0.4, 0.5) is 0 Å². The topological polar surface area (TPSA) is 20.2 Å². The van der Waals surface area contributed by atoms with Gasteiger partial charge in [0.2, 0.25) is 0 Å². The van der Waals surface area contributed by atoms with Gasteiger partial charge in [-0.25, -0.2) is 0 Å². The molecule has 2 aliphatic rings. The lowest BCUT2D eigenvalue weighted by atomic mass is 9.91. The largest absolute Gasteiger partial charge is 0.349 e. The number of nitrogens with zero attached hydrogens (tertiary/aromatic N) is 2. The van der Waals surface area contributed by atoms with Gasteiger partial charge in [-0.05, 0) is 77.6 Å². The molecule has 0 saturated carbocycles. The van der Waals surface area contributed by atoms with Gasteiger partial charge < -0.3 is 14.8 Å². The van der Waals surface area contributed by atoms with Gasteiger partial charge in [-0.1, -0.05) is 0 Å². The van der Waals surface area contributed by atoms with E-state index in [2.05, 4.69) is 48.7 Å². The van der Waals surface area contributed by atoms with Crippen LogP contribution in [0.5, 0.6) is 0 Å². The number of piperidine rings is 1. The zero-order valence-corrected chi connectivity index (χ0v) is 14.2. The summed E-state index contributed by atoms with van der Waals surface area (Å²) in [6.45, 7) is 10.00. The van der Waals surface area contributed by atoms with Crippen molar-refractivity contribution in [2.45, 2.75) is 71.6 Å². The van der Waals surface area contributed by atoms with E-state index in [9.17, 15) is 0 Å². The monoisotopic (exact) mass is 289 g/mol. The molecule has 1 N–H and O–H groups in total. The second-order valence-electron chi connectivity index (χ2n) is 7.16. The van der Waals surface area contributed by atoms with E-state index in [1.165, 1.54) is 49.2 Å². The third-order valence-electron chi connectivity index (χ3n) is 5.94. The number of hydrogen-bond donors (Lipinski definition) is 1. The van der Waals surface area contributed by atoms with Gasteiger partial charge in [0.25, 0.3) is 0 Å². The first-order valence-electron chi connectivity index (χ1n) is 8.68. The quantitative estimate of drug-likeness (QED) is 0.899. The summed E-state index contributed by atoms with van der Waals surface area (Å²) in [6.07, 6.45) is 5.65. The predicted molar refractivity (Wildman–Crippen MR) is 88.6 cm³/mol. The van der Waals surface area contributed by atoms with E-state index >= 15 is 0 Å². The van der Waals surface area contributed by atoms with E-state index in [1.807, 2.05) is 0 Å². The lowest BCUT2D eigenvalue weighted by molar-refractivity contribution is 0.133. The molecule has 2 unspecified atom stereocenters. The summed E-state index contributed by atoms with van der Waals surface area (Å²) in [5, 5.41) is 3.73. The maximum atomic E-state index is 3.73. The Kier molecular flexibility index (Phi) is 4.41. The van der Waals surface area contributed by atoms with Gasteiger partial charge in [0, 0.05) is 36.6 Å². The third-order valence-corrected chi connectivity index (χ3v) is 5.94. The summed E-state index contributed by atoms with van der Waals surface area (Å²) in [6, 6.07) is 4.07. The Balaban J connectivity index is 1.51. The van der Waals surface area contributed by atoms with Gasteiger partial charge in [-0.2, -0.15) is 0 Å². The number of hydrogen-bond acceptors (Lipinski definition) is 2. The predicted octanol–water partition coefficient (Wildman–Crippen LogP) is 3.09. The molecule has 3 rings (SSSR count). The molecule has 3 nitrogen and oxygen atoms in total. The molecule has 118 valence electrons. The van der Waals surface area contributed by atoms with Gasteiger partial charge >= 0.3 is 0 Å². The summed E-state index contributed by atoms with van der Waals surface area (Å²) >= 11 is 0. The lowest BCUT2D eigenvalue weighted by Gasteiger charge is -2.36. The summed E-state index contributed by atoms with van der Waals surface area (Å²) in [4.78, 5) is 2.63. The van der Waals surface area contributed by atoms with Crippen LogP contribution in [0.15, 0.2) is 6.07 Å². The van der Waals surface area contributed by atoms with Crippen molar-refractivity contribution < 1.29 is 0 Å². The van der Waals surface area contributed by atoms with Crippen molar-refractivity contribution in [2.75, 3.05) is 13.6 Å². The van der Waals surface area contributed by atoms with Crippen LogP contribution in [0.3, 0.4) is 0 Å². The smallest absolute Gasteiger partial charge is 0.0223 e. The zero-order chi connectivity index (χ0) is 15.0. The second kappa shape index (κ2) is 6.13. The van der Waals surface area contributed by atoms with Gasteiger partial charge in [-0.15, -0.1) is 0 Å². The first kappa shape index (κ1) is 15.1. The maximum Gasteiger partial charge on any atom is 0.0223 e. The fourth-order valence-electron chi connectivity index (χ4n) is 4.64. The molecule has 0 radical (unpaired) electrons. The van der Waals surface area contributed by atoms with Crippen molar-refractivity contribution in [1.29, 1.82) is 0 Å². The van der Waals surface area contributed by atoms with Crippen LogP contribution in [0.1, 0.15) is 49.6 Å². The highest BCUT2D eigenvalue weighted by atomic mass is 15.2. The first-order chi connectivity index (χ1) is 10.1. The molecule has 0 spiro atoms. The standard InChI is InChI=1S/C18H31N3/c1-5-21-13(2)8-16(14(21)3)12-19-11-15-9-17-6-7-18(10-15)20(17)4/h8,15,17-19H,5-7,9-12H2,1-4H3. The Morgan fingerprint density at radius 2 is 1.86 bits per heavy atom. The minimum absolute atomic E-state index is 0.862. The lowest BCUT2D eigenvalue weighted by Crippen LogP contribution is -2.42. The Labute approximate surface area is 129 Å². The van der Waals surface area contributed by atoms with Crippen molar-refractivity contribution in [3.8, 4) is 0 Å². The summed E-state index contributed by atoms with van der Waals surface area (Å²) in [7, 11) is 2.32. The molecule has 1 aromatic heterocycles. The summed E-state index contributed by atoms with van der Waals surface area (Å²) in [5.74, 6) is 0.883. The van der Waals surface area contributed by atoms with E-state index in [0.29, 0.717) is 0 Å². The van der Waals surface area contributed by atoms with Crippen LogP contribution >= 0.6 is 0 Å². The molecule has 2 saturated heterocycles. The molecule has 0 amide bonds. The number of aromatic nitrogens is 1. The molecule has 1 aromatic rings. The average molecular weight is 289 g/mol. The molecule has 0 aromatic carbocycles. The minimum Gasteiger partial charge on any atom is -0.349 e. The van der Waals surface area contributed by atoms with Gasteiger partial charge in [0.15, 0.2) is 0 Å². The van der Waals surface area contributed by atoms with Crippen molar-refractivity contribution in [2.24, 2.45) is 5.92 Å². The van der Waals surface area contributed by atoms with Gasteiger partial charge in [0.05, 0.1) is 0 Å². The molecule has 21 heavy (non-hydrogen) atoms. The third kappa shape index (κ3) is 2.91. The SMILES string of the molecule is CCn1c(C)cc(CNCC2CC3CCC(C2)N3C)c1C. The van der Waals surface area contributed by atoms with E-state index in [-0.39, 0.29) is 0 Å². The highest BCUT2D eigenvalue weighted by Crippen LogP contribution is 2.37. The van der Waals surface area contributed by atoms with Crippen molar-refractivity contribution >= 4 is 0 Å². The molecular formula is C18H31N3. The molecule has 0 aliphatic carbocycles. The number of aryl methyl sites for hydroxylation is 1. The molecule has 3 heteroatoms. The van der Waals surface area contributed by atoms with E-state index < -0.39 is 0 Å². The molecule has 2 atom stereocenters.